The predicted octanol–water partition coefficient (Wildman–Crippen LogP) is 3.12. The summed E-state index contributed by atoms with van der Waals surface area (Å²) in [5, 5.41) is 0. The molecule has 0 radical (unpaired) electrons. The van der Waals surface area contributed by atoms with Gasteiger partial charge in [0, 0.05) is 6.54 Å². The number of benzene rings is 2. The van der Waals surface area contributed by atoms with Crippen LogP contribution >= 0.6 is 0 Å². The third-order valence-corrected chi connectivity index (χ3v) is 4.67. The fourth-order valence-corrected chi connectivity index (χ4v) is 3.48. The second-order valence-corrected chi connectivity index (χ2v) is 7.34. The number of nitrogens with one attached hydrogen (secondary N) is 1. The van der Waals surface area contributed by atoms with Crippen LogP contribution in [0.1, 0.15) is 18.1 Å². The topological polar surface area (TPSA) is 46.2 Å². The summed E-state index contributed by atoms with van der Waals surface area (Å²) in [5.41, 5.74) is 1.76. The van der Waals surface area contributed by atoms with Crippen LogP contribution in [0.2, 0.25) is 0 Å². The molecule has 1 atom stereocenters. The Labute approximate surface area is 131 Å². The summed E-state index contributed by atoms with van der Waals surface area (Å²) in [6, 6.07) is 15.5. The van der Waals surface area contributed by atoms with Crippen LogP contribution in [0, 0.1) is 11.7 Å². The second kappa shape index (κ2) is 7.51. The summed E-state index contributed by atoms with van der Waals surface area (Å²) in [5.74, 6) is -0.304. The van der Waals surface area contributed by atoms with E-state index in [-0.39, 0.29) is 17.5 Å². The summed E-state index contributed by atoms with van der Waals surface area (Å²) in [6.45, 7) is 2.39. The maximum atomic E-state index is 12.8. The Balaban J connectivity index is 1.85. The Hall–Kier alpha value is -1.72. The normalized spacial score (nSPS) is 13.0. The molecule has 1 N–H and O–H groups in total. The summed E-state index contributed by atoms with van der Waals surface area (Å²) >= 11 is 0. The molecular formula is C17H20FNO2S. The number of sulfonamides is 1. The molecule has 0 spiro atoms. The first kappa shape index (κ1) is 16.6. The van der Waals surface area contributed by atoms with E-state index in [1.54, 1.807) is 0 Å². The molecule has 3 nitrogen and oxygen atoms in total. The average molecular weight is 321 g/mol. The zero-order valence-electron chi connectivity index (χ0n) is 12.5. The molecule has 0 aliphatic heterocycles. The Morgan fingerprint density at radius 1 is 1.00 bits per heavy atom. The van der Waals surface area contributed by atoms with E-state index in [1.807, 2.05) is 37.3 Å². The van der Waals surface area contributed by atoms with Gasteiger partial charge in [0.2, 0.25) is 10.0 Å². The van der Waals surface area contributed by atoms with Crippen molar-refractivity contribution in [2.75, 3.05) is 6.54 Å². The minimum Gasteiger partial charge on any atom is -0.215 e. The molecule has 22 heavy (non-hydrogen) atoms. The molecule has 0 saturated carbocycles. The maximum Gasteiger partial charge on any atom is 0.215 e. The number of rotatable bonds is 7. The van der Waals surface area contributed by atoms with E-state index in [0.717, 1.165) is 6.42 Å². The van der Waals surface area contributed by atoms with Crippen LogP contribution in [0.5, 0.6) is 0 Å². The Morgan fingerprint density at radius 3 is 2.27 bits per heavy atom. The molecule has 0 fully saturated rings. The van der Waals surface area contributed by atoms with Crippen molar-refractivity contribution < 1.29 is 12.8 Å². The quantitative estimate of drug-likeness (QED) is 0.851. The van der Waals surface area contributed by atoms with Crippen LogP contribution < -0.4 is 4.72 Å². The predicted molar refractivity (Wildman–Crippen MR) is 86.3 cm³/mol. The molecule has 2 rings (SSSR count). The molecular weight excluding hydrogens is 301 g/mol. The summed E-state index contributed by atoms with van der Waals surface area (Å²) < 4.78 is 39.5. The summed E-state index contributed by atoms with van der Waals surface area (Å²) in [7, 11) is -3.41. The highest BCUT2D eigenvalue weighted by Gasteiger charge is 2.13. The van der Waals surface area contributed by atoms with E-state index in [2.05, 4.69) is 4.72 Å². The zero-order chi connectivity index (χ0) is 16.0. The molecule has 0 heterocycles. The lowest BCUT2D eigenvalue weighted by molar-refractivity contribution is 0.536. The van der Waals surface area contributed by atoms with Gasteiger partial charge in [-0.15, -0.1) is 0 Å². The average Bonchev–Trinajstić information content (AvgIpc) is 2.49. The monoisotopic (exact) mass is 321 g/mol. The number of hydrogen-bond acceptors (Lipinski definition) is 2. The van der Waals surface area contributed by atoms with Gasteiger partial charge < -0.3 is 0 Å². The first-order chi connectivity index (χ1) is 10.4. The lowest BCUT2D eigenvalue weighted by Crippen LogP contribution is -2.30. The maximum absolute atomic E-state index is 12.8. The minimum atomic E-state index is -3.41. The number of halogens is 1. The van der Waals surface area contributed by atoms with Gasteiger partial charge in [-0.3, -0.25) is 0 Å². The third-order valence-electron chi connectivity index (χ3n) is 3.35. The lowest BCUT2D eigenvalue weighted by atomic mass is 10.0. The van der Waals surface area contributed by atoms with Gasteiger partial charge in [0.05, 0.1) is 5.75 Å². The standard InChI is InChI=1S/C17H20FNO2S/c1-14(11-15-5-3-2-4-6-15)12-19-22(20,21)13-16-7-9-17(18)10-8-16/h2-10,14,19H,11-13H2,1H3/t14-/m1/s1. The van der Waals surface area contributed by atoms with Gasteiger partial charge in [-0.1, -0.05) is 49.4 Å². The van der Waals surface area contributed by atoms with Crippen LogP contribution in [0.3, 0.4) is 0 Å². The van der Waals surface area contributed by atoms with Crippen LogP contribution in [-0.2, 0) is 22.2 Å². The SMILES string of the molecule is C[C@@H](CNS(=O)(=O)Cc1ccc(F)cc1)Cc1ccccc1. The van der Waals surface area contributed by atoms with Crippen molar-refractivity contribution in [3.63, 3.8) is 0 Å². The van der Waals surface area contributed by atoms with Gasteiger partial charge in [-0.2, -0.15) is 0 Å². The van der Waals surface area contributed by atoms with Crippen LogP contribution in [0.4, 0.5) is 4.39 Å². The smallest absolute Gasteiger partial charge is 0.215 e. The molecule has 0 saturated heterocycles. The first-order valence-corrected chi connectivity index (χ1v) is 8.85. The van der Waals surface area contributed by atoms with Crippen molar-refractivity contribution in [3.05, 3.63) is 71.5 Å². The zero-order valence-corrected chi connectivity index (χ0v) is 13.3. The van der Waals surface area contributed by atoms with Gasteiger partial charge in [-0.25, -0.2) is 17.5 Å². The van der Waals surface area contributed by atoms with Crippen molar-refractivity contribution in [2.24, 2.45) is 5.92 Å². The van der Waals surface area contributed by atoms with Crippen molar-refractivity contribution in [1.82, 2.24) is 4.72 Å². The number of hydrogen-bond donors (Lipinski definition) is 1. The fourth-order valence-electron chi connectivity index (χ4n) is 2.21. The molecule has 0 aliphatic carbocycles. The van der Waals surface area contributed by atoms with Gasteiger partial charge >= 0.3 is 0 Å². The van der Waals surface area contributed by atoms with E-state index in [1.165, 1.54) is 29.8 Å². The van der Waals surface area contributed by atoms with Crippen LogP contribution in [0.25, 0.3) is 0 Å². The van der Waals surface area contributed by atoms with Crippen molar-refractivity contribution in [2.45, 2.75) is 19.1 Å². The largest absolute Gasteiger partial charge is 0.215 e. The molecule has 0 unspecified atom stereocenters. The van der Waals surface area contributed by atoms with Gasteiger partial charge in [0.15, 0.2) is 0 Å². The Bertz CT molecular complexity index is 684. The minimum absolute atomic E-state index is 0.134. The lowest BCUT2D eigenvalue weighted by Gasteiger charge is -2.13. The molecule has 0 bridgehead atoms. The fraction of sp³-hybridized carbons (Fsp3) is 0.294. The molecule has 0 aromatic heterocycles. The van der Waals surface area contributed by atoms with E-state index in [9.17, 15) is 12.8 Å². The summed E-state index contributed by atoms with van der Waals surface area (Å²) in [4.78, 5) is 0. The molecule has 0 amide bonds. The molecule has 0 aliphatic rings. The second-order valence-electron chi connectivity index (χ2n) is 5.53. The van der Waals surface area contributed by atoms with Gasteiger partial charge in [0.1, 0.15) is 5.82 Å². The molecule has 2 aromatic rings. The van der Waals surface area contributed by atoms with E-state index in [0.29, 0.717) is 12.1 Å². The summed E-state index contributed by atoms with van der Waals surface area (Å²) in [6.07, 6.45) is 0.819. The van der Waals surface area contributed by atoms with E-state index >= 15 is 0 Å². The highest BCUT2D eigenvalue weighted by atomic mass is 32.2. The Kier molecular flexibility index (Phi) is 5.69. The first-order valence-electron chi connectivity index (χ1n) is 7.20. The van der Waals surface area contributed by atoms with Gasteiger partial charge in [-0.05, 0) is 35.6 Å². The molecule has 118 valence electrons. The van der Waals surface area contributed by atoms with Crippen LogP contribution in [0.15, 0.2) is 54.6 Å². The van der Waals surface area contributed by atoms with E-state index < -0.39 is 10.0 Å². The van der Waals surface area contributed by atoms with Crippen molar-refractivity contribution >= 4 is 10.0 Å². The highest BCUT2D eigenvalue weighted by Crippen LogP contribution is 2.10. The molecule has 5 heteroatoms. The molecule has 2 aromatic carbocycles. The van der Waals surface area contributed by atoms with E-state index in [4.69, 9.17) is 0 Å². The van der Waals surface area contributed by atoms with Crippen molar-refractivity contribution in [1.29, 1.82) is 0 Å². The van der Waals surface area contributed by atoms with Crippen molar-refractivity contribution in [3.8, 4) is 0 Å². The van der Waals surface area contributed by atoms with Crippen LogP contribution in [-0.4, -0.2) is 15.0 Å². The highest BCUT2D eigenvalue weighted by molar-refractivity contribution is 7.88. The Morgan fingerprint density at radius 2 is 1.64 bits per heavy atom. The third kappa shape index (κ3) is 5.58. The van der Waals surface area contributed by atoms with Gasteiger partial charge in [0.25, 0.3) is 0 Å².